The van der Waals surface area contributed by atoms with Crippen molar-refractivity contribution in [3.05, 3.63) is 0 Å². The smallest absolute Gasteiger partial charge is 0.0798 e. The number of halogens is 1. The third kappa shape index (κ3) is 2.52. The molecule has 80 valence electrons. The molecular weight excluding hydrogens is 238 g/mol. The zero-order valence-corrected chi connectivity index (χ0v) is 10.6. The van der Waals surface area contributed by atoms with Gasteiger partial charge in [0.05, 0.1) is 26.2 Å². The molecule has 0 aromatic rings. The van der Waals surface area contributed by atoms with E-state index < -0.39 is 0 Å². The fourth-order valence-electron chi connectivity index (χ4n) is 2.91. The van der Waals surface area contributed by atoms with Crippen LogP contribution in [-0.4, -0.2) is 30.7 Å². The van der Waals surface area contributed by atoms with Crippen LogP contribution in [0.1, 0.15) is 32.1 Å². The van der Waals surface area contributed by atoms with Gasteiger partial charge in [-0.15, -0.1) is 29.3 Å². The van der Waals surface area contributed by atoms with Crippen molar-refractivity contribution in [3.63, 3.8) is 0 Å². The van der Waals surface area contributed by atoms with Crippen LogP contribution < -0.4 is 0 Å². The Bertz CT molecular complexity index is 203. The van der Waals surface area contributed by atoms with Crippen molar-refractivity contribution in [2.24, 2.45) is 5.92 Å². The molecule has 2 rings (SSSR count). The molecule has 2 fully saturated rings. The summed E-state index contributed by atoms with van der Waals surface area (Å²) in [6, 6.07) is 0. The monoisotopic (exact) mass is 258 g/mol. The van der Waals surface area contributed by atoms with Crippen molar-refractivity contribution in [2.45, 2.75) is 32.1 Å². The minimum absolute atomic E-state index is 0. The highest BCUT2D eigenvalue weighted by molar-refractivity contribution is 8.93. The Balaban J connectivity index is 0.000000980. The lowest BCUT2D eigenvalue weighted by Gasteiger charge is -2.45. The van der Waals surface area contributed by atoms with E-state index in [9.17, 15) is 0 Å². The lowest BCUT2D eigenvalue weighted by molar-refractivity contribution is -0.937. The molecule has 0 atom stereocenters. The van der Waals surface area contributed by atoms with Crippen molar-refractivity contribution >= 4 is 17.0 Å². The van der Waals surface area contributed by atoms with Crippen molar-refractivity contribution < 1.29 is 4.48 Å². The van der Waals surface area contributed by atoms with Crippen LogP contribution in [0.4, 0.5) is 0 Å². The van der Waals surface area contributed by atoms with E-state index in [0.717, 1.165) is 0 Å². The fourth-order valence-corrected chi connectivity index (χ4v) is 2.91. The number of piperidine rings is 2. The number of hydrogen-bond donors (Lipinski definition) is 0. The largest absolute Gasteiger partial charge is 0.324 e. The Labute approximate surface area is 98.2 Å². The maximum absolute atomic E-state index is 5.46. The molecule has 2 saturated heterocycles. The Morgan fingerprint density at radius 1 is 0.929 bits per heavy atom. The van der Waals surface area contributed by atoms with Crippen molar-refractivity contribution in [1.29, 1.82) is 0 Å². The van der Waals surface area contributed by atoms with Crippen LogP contribution >= 0.6 is 17.0 Å². The van der Waals surface area contributed by atoms with Gasteiger partial charge in [0.1, 0.15) is 0 Å². The molecule has 0 aromatic heterocycles. The quantitative estimate of drug-likeness (QED) is 0.463. The molecule has 2 heteroatoms. The topological polar surface area (TPSA) is 0 Å². The van der Waals surface area contributed by atoms with Crippen LogP contribution in [0.3, 0.4) is 0 Å². The zero-order chi connectivity index (χ0) is 9.15. The van der Waals surface area contributed by atoms with Gasteiger partial charge in [0.25, 0.3) is 0 Å². The molecule has 1 spiro atoms. The molecule has 0 radical (unpaired) electrons. The van der Waals surface area contributed by atoms with E-state index in [-0.39, 0.29) is 17.0 Å². The lowest BCUT2D eigenvalue weighted by atomic mass is 9.93. The summed E-state index contributed by atoms with van der Waals surface area (Å²) in [7, 11) is 0. The molecule has 0 unspecified atom stereocenters. The predicted molar refractivity (Wildman–Crippen MR) is 65.5 cm³/mol. The second kappa shape index (κ2) is 5.19. The maximum Gasteiger partial charge on any atom is 0.0798 e. The Morgan fingerprint density at radius 3 is 2.00 bits per heavy atom. The van der Waals surface area contributed by atoms with Gasteiger partial charge in [-0.25, -0.2) is 0 Å². The third-order valence-corrected chi connectivity index (χ3v) is 3.90. The molecule has 2 aliphatic rings. The standard InChI is InChI=1S/C12H20N.BrH/c1-2-12-6-10-13(11-7-12)8-4-3-5-9-13;/h1,12H,3-11H2;1H/q+1;. The van der Waals surface area contributed by atoms with Gasteiger partial charge in [0.2, 0.25) is 0 Å². The SMILES string of the molecule is Br.C#CC1CC[N+]2(CCCCC2)CC1. The molecule has 0 amide bonds. The van der Waals surface area contributed by atoms with Crippen LogP contribution in [0.5, 0.6) is 0 Å². The van der Waals surface area contributed by atoms with Gasteiger partial charge >= 0.3 is 0 Å². The number of hydrogen-bond acceptors (Lipinski definition) is 0. The molecule has 14 heavy (non-hydrogen) atoms. The summed E-state index contributed by atoms with van der Waals surface area (Å²) in [4.78, 5) is 0. The normalized spacial score (nSPS) is 26.5. The van der Waals surface area contributed by atoms with Gasteiger partial charge in [0.15, 0.2) is 0 Å². The van der Waals surface area contributed by atoms with Gasteiger partial charge in [-0.3, -0.25) is 0 Å². The molecule has 0 bridgehead atoms. The van der Waals surface area contributed by atoms with Crippen molar-refractivity contribution in [1.82, 2.24) is 0 Å². The summed E-state index contributed by atoms with van der Waals surface area (Å²) in [5, 5.41) is 0. The molecular formula is C12H21BrN+. The fraction of sp³-hybridized carbons (Fsp3) is 0.833. The van der Waals surface area contributed by atoms with Gasteiger partial charge in [0, 0.05) is 18.8 Å². The third-order valence-electron chi connectivity index (χ3n) is 3.90. The Hall–Kier alpha value is 0.00000000000000000694. The summed E-state index contributed by atoms with van der Waals surface area (Å²) in [6.07, 6.45) is 12.4. The molecule has 0 aromatic carbocycles. The molecule has 2 heterocycles. The van der Waals surface area contributed by atoms with Gasteiger partial charge < -0.3 is 4.48 Å². The molecule has 0 N–H and O–H groups in total. The van der Waals surface area contributed by atoms with E-state index in [1.54, 1.807) is 0 Å². The van der Waals surface area contributed by atoms with Crippen LogP contribution in [0.15, 0.2) is 0 Å². The van der Waals surface area contributed by atoms with E-state index in [0.29, 0.717) is 5.92 Å². The average molecular weight is 259 g/mol. The van der Waals surface area contributed by atoms with Crippen LogP contribution in [0.2, 0.25) is 0 Å². The molecule has 2 aliphatic heterocycles. The maximum atomic E-state index is 5.46. The minimum Gasteiger partial charge on any atom is -0.324 e. The van der Waals surface area contributed by atoms with Crippen LogP contribution in [0.25, 0.3) is 0 Å². The summed E-state index contributed by atoms with van der Waals surface area (Å²) in [5.74, 6) is 3.50. The highest BCUT2D eigenvalue weighted by Crippen LogP contribution is 2.27. The summed E-state index contributed by atoms with van der Waals surface area (Å²) >= 11 is 0. The summed E-state index contributed by atoms with van der Waals surface area (Å²) < 4.78 is 1.40. The first-order valence-electron chi connectivity index (χ1n) is 5.66. The van der Waals surface area contributed by atoms with E-state index in [1.165, 1.54) is 62.8 Å². The second-order valence-electron chi connectivity index (χ2n) is 4.74. The van der Waals surface area contributed by atoms with Gasteiger partial charge in [-0.1, -0.05) is 0 Å². The number of terminal acetylenes is 1. The number of rotatable bonds is 0. The first-order valence-corrected chi connectivity index (χ1v) is 5.66. The average Bonchev–Trinajstić information content (AvgIpc) is 2.20. The first-order chi connectivity index (χ1) is 6.35. The van der Waals surface area contributed by atoms with Crippen molar-refractivity contribution in [3.8, 4) is 12.3 Å². The van der Waals surface area contributed by atoms with Crippen LogP contribution in [0, 0.1) is 18.3 Å². The van der Waals surface area contributed by atoms with Crippen molar-refractivity contribution in [2.75, 3.05) is 26.2 Å². The number of nitrogens with zero attached hydrogens (tertiary/aromatic N) is 1. The van der Waals surface area contributed by atoms with Gasteiger partial charge in [-0.05, 0) is 19.3 Å². The van der Waals surface area contributed by atoms with Crippen LogP contribution in [-0.2, 0) is 0 Å². The minimum atomic E-state index is 0. The zero-order valence-electron chi connectivity index (χ0n) is 8.87. The van der Waals surface area contributed by atoms with Gasteiger partial charge in [-0.2, -0.15) is 0 Å². The molecule has 0 saturated carbocycles. The van der Waals surface area contributed by atoms with E-state index >= 15 is 0 Å². The highest BCUT2D eigenvalue weighted by atomic mass is 79.9. The summed E-state index contributed by atoms with van der Waals surface area (Å²) in [5.41, 5.74) is 0. The first kappa shape index (κ1) is 12.1. The van der Waals surface area contributed by atoms with E-state index in [2.05, 4.69) is 5.92 Å². The molecule has 0 aliphatic carbocycles. The second-order valence-corrected chi connectivity index (χ2v) is 4.74. The number of quaternary nitrogens is 1. The predicted octanol–water partition coefficient (Wildman–Crippen LogP) is 2.61. The lowest BCUT2D eigenvalue weighted by Crippen LogP contribution is -2.55. The Morgan fingerprint density at radius 2 is 1.50 bits per heavy atom. The summed E-state index contributed by atoms with van der Waals surface area (Å²) in [6.45, 7) is 5.57. The molecule has 1 nitrogen and oxygen atoms in total. The highest BCUT2D eigenvalue weighted by Gasteiger charge is 2.34. The Kier molecular flexibility index (Phi) is 4.47. The van der Waals surface area contributed by atoms with E-state index in [4.69, 9.17) is 6.42 Å². The van der Waals surface area contributed by atoms with E-state index in [1.807, 2.05) is 0 Å².